The van der Waals surface area contributed by atoms with Crippen molar-refractivity contribution in [3.63, 3.8) is 0 Å². The molecule has 5 nitrogen and oxygen atoms in total. The lowest BCUT2D eigenvalue weighted by Gasteiger charge is -2.27. The average Bonchev–Trinajstić information content (AvgIpc) is 2.80. The number of nitrogens with zero attached hydrogens (tertiary/aromatic N) is 1. The van der Waals surface area contributed by atoms with Crippen LogP contribution in [0.25, 0.3) is 0 Å². The summed E-state index contributed by atoms with van der Waals surface area (Å²) in [5.41, 5.74) is -1.17. The molecule has 1 atom stereocenters. The van der Waals surface area contributed by atoms with Crippen LogP contribution < -0.4 is 9.47 Å². The number of carbonyl (C=O) groups is 2. The lowest BCUT2D eigenvalue weighted by Crippen LogP contribution is -2.29. The van der Waals surface area contributed by atoms with Crippen LogP contribution in [0.5, 0.6) is 11.5 Å². The molecule has 0 saturated heterocycles. The van der Waals surface area contributed by atoms with Crippen molar-refractivity contribution in [1.29, 1.82) is 5.26 Å². The van der Waals surface area contributed by atoms with Gasteiger partial charge in [0.25, 0.3) is 0 Å². The van der Waals surface area contributed by atoms with E-state index in [2.05, 4.69) is 6.92 Å². The first-order valence-corrected chi connectivity index (χ1v) is 11.9. The van der Waals surface area contributed by atoms with Crippen molar-refractivity contribution in [3.05, 3.63) is 24.3 Å². The Morgan fingerprint density at radius 2 is 1.55 bits per heavy atom. The SMILES string of the molecule is CCCCCCCC1CCC(C(=O)Oc2ccc(OC(=O)C(C)(C#N)CC)cc2)CC1. The smallest absolute Gasteiger partial charge is 0.331 e. The van der Waals surface area contributed by atoms with Crippen molar-refractivity contribution in [3.8, 4) is 17.6 Å². The molecule has 1 aliphatic rings. The quantitative estimate of drug-likeness (QED) is 0.226. The molecule has 170 valence electrons. The second-order valence-electron chi connectivity index (χ2n) is 9.00. The Hall–Kier alpha value is -2.35. The van der Waals surface area contributed by atoms with E-state index in [4.69, 9.17) is 9.47 Å². The van der Waals surface area contributed by atoms with Gasteiger partial charge in [-0.2, -0.15) is 5.26 Å². The summed E-state index contributed by atoms with van der Waals surface area (Å²) in [6.07, 6.45) is 12.3. The van der Waals surface area contributed by atoms with Gasteiger partial charge in [0, 0.05) is 0 Å². The van der Waals surface area contributed by atoms with Gasteiger partial charge in [0.15, 0.2) is 5.41 Å². The van der Waals surface area contributed by atoms with E-state index in [1.807, 2.05) is 6.07 Å². The van der Waals surface area contributed by atoms with E-state index in [1.165, 1.54) is 38.5 Å². The van der Waals surface area contributed by atoms with Crippen LogP contribution in [0.4, 0.5) is 0 Å². The number of esters is 2. The highest BCUT2D eigenvalue weighted by atomic mass is 16.5. The van der Waals surface area contributed by atoms with Crippen LogP contribution in [0, 0.1) is 28.6 Å². The predicted molar refractivity (Wildman–Crippen MR) is 121 cm³/mol. The molecule has 31 heavy (non-hydrogen) atoms. The van der Waals surface area contributed by atoms with Crippen LogP contribution in [0.2, 0.25) is 0 Å². The van der Waals surface area contributed by atoms with E-state index >= 15 is 0 Å². The summed E-state index contributed by atoms with van der Waals surface area (Å²) in [6, 6.07) is 8.42. The van der Waals surface area contributed by atoms with Gasteiger partial charge in [0.2, 0.25) is 0 Å². The predicted octanol–water partition coefficient (Wildman–Crippen LogP) is 6.60. The maximum atomic E-state index is 12.5. The van der Waals surface area contributed by atoms with Gasteiger partial charge in [-0.15, -0.1) is 0 Å². The fourth-order valence-corrected chi connectivity index (χ4v) is 3.99. The molecule has 0 heterocycles. The maximum absolute atomic E-state index is 12.5. The molecule has 5 heteroatoms. The highest BCUT2D eigenvalue weighted by Crippen LogP contribution is 2.33. The minimum atomic E-state index is -1.17. The molecular weight excluding hydrogens is 390 g/mol. The number of hydrogen-bond donors (Lipinski definition) is 0. The van der Waals surface area contributed by atoms with Gasteiger partial charge in [-0.3, -0.25) is 4.79 Å². The molecule has 0 amide bonds. The van der Waals surface area contributed by atoms with E-state index in [1.54, 1.807) is 38.1 Å². The van der Waals surface area contributed by atoms with Gasteiger partial charge in [-0.05, 0) is 69.2 Å². The van der Waals surface area contributed by atoms with E-state index in [9.17, 15) is 14.9 Å². The van der Waals surface area contributed by atoms with Crippen molar-refractivity contribution in [2.24, 2.45) is 17.3 Å². The lowest BCUT2D eigenvalue weighted by atomic mass is 9.80. The Bertz CT molecular complexity index is 744. The molecule has 1 unspecified atom stereocenters. The zero-order chi connectivity index (χ0) is 22.7. The molecule has 1 fully saturated rings. The van der Waals surface area contributed by atoms with Crippen LogP contribution in [-0.2, 0) is 9.59 Å². The second-order valence-corrected chi connectivity index (χ2v) is 9.00. The Morgan fingerprint density at radius 3 is 2.10 bits per heavy atom. The second kappa shape index (κ2) is 12.5. The van der Waals surface area contributed by atoms with Gasteiger partial charge in [-0.25, -0.2) is 4.79 Å². The van der Waals surface area contributed by atoms with Gasteiger partial charge in [0.05, 0.1) is 12.0 Å². The fourth-order valence-electron chi connectivity index (χ4n) is 3.99. The third-order valence-electron chi connectivity index (χ3n) is 6.55. The molecule has 0 bridgehead atoms. The zero-order valence-corrected chi connectivity index (χ0v) is 19.3. The van der Waals surface area contributed by atoms with E-state index in [0.717, 1.165) is 31.6 Å². The maximum Gasteiger partial charge on any atom is 0.331 e. The number of rotatable bonds is 11. The number of nitriles is 1. The summed E-state index contributed by atoms with van der Waals surface area (Å²) < 4.78 is 10.9. The van der Waals surface area contributed by atoms with Crippen LogP contribution in [0.15, 0.2) is 24.3 Å². The van der Waals surface area contributed by atoms with E-state index < -0.39 is 11.4 Å². The minimum absolute atomic E-state index is 0.0327. The molecule has 0 aliphatic heterocycles. The molecule has 0 N–H and O–H groups in total. The van der Waals surface area contributed by atoms with Gasteiger partial charge < -0.3 is 9.47 Å². The summed E-state index contributed by atoms with van der Waals surface area (Å²) in [6.45, 7) is 5.57. The molecule has 1 saturated carbocycles. The summed E-state index contributed by atoms with van der Waals surface area (Å²) in [7, 11) is 0. The Labute approximate surface area is 187 Å². The van der Waals surface area contributed by atoms with Crippen molar-refractivity contribution in [2.45, 2.75) is 91.4 Å². The highest BCUT2D eigenvalue weighted by molar-refractivity contribution is 5.81. The number of unbranched alkanes of at least 4 members (excludes halogenated alkanes) is 4. The summed E-state index contributed by atoms with van der Waals surface area (Å²) in [5, 5.41) is 9.18. The first kappa shape index (κ1) is 24.9. The summed E-state index contributed by atoms with van der Waals surface area (Å²) in [5.74, 6) is 0.746. The largest absolute Gasteiger partial charge is 0.426 e. The fraction of sp³-hybridized carbons (Fsp3) is 0.654. The Kier molecular flexibility index (Phi) is 10.0. The standard InChI is InChI=1S/C26H37NO4/c1-4-6-7-8-9-10-20-11-13-21(14-12-20)24(28)30-22-15-17-23(18-16-22)31-25(29)26(3,5-2)19-27/h15-18,20-21H,4-14H2,1-3H3. The van der Waals surface area contributed by atoms with Crippen LogP contribution >= 0.6 is 0 Å². The minimum Gasteiger partial charge on any atom is -0.426 e. The molecule has 0 spiro atoms. The number of ether oxygens (including phenoxy) is 2. The van der Waals surface area contributed by atoms with Gasteiger partial charge in [-0.1, -0.05) is 52.4 Å². The molecule has 0 aromatic heterocycles. The van der Waals surface area contributed by atoms with Crippen LogP contribution in [0.1, 0.15) is 91.4 Å². The Morgan fingerprint density at radius 1 is 0.968 bits per heavy atom. The zero-order valence-electron chi connectivity index (χ0n) is 19.3. The van der Waals surface area contributed by atoms with Gasteiger partial charge >= 0.3 is 11.9 Å². The summed E-state index contributed by atoms with van der Waals surface area (Å²) >= 11 is 0. The lowest BCUT2D eigenvalue weighted by molar-refractivity contribution is -0.142. The number of carbonyl (C=O) groups excluding carboxylic acids is 2. The molecular formula is C26H37NO4. The molecule has 1 aromatic carbocycles. The topological polar surface area (TPSA) is 76.4 Å². The van der Waals surface area contributed by atoms with E-state index in [0.29, 0.717) is 17.9 Å². The van der Waals surface area contributed by atoms with Crippen molar-refractivity contribution in [1.82, 2.24) is 0 Å². The monoisotopic (exact) mass is 427 g/mol. The average molecular weight is 428 g/mol. The van der Waals surface area contributed by atoms with Crippen molar-refractivity contribution in [2.75, 3.05) is 0 Å². The third-order valence-corrected chi connectivity index (χ3v) is 6.55. The van der Waals surface area contributed by atoms with Crippen LogP contribution in [0.3, 0.4) is 0 Å². The van der Waals surface area contributed by atoms with Crippen LogP contribution in [-0.4, -0.2) is 11.9 Å². The Balaban J connectivity index is 1.75. The molecule has 1 aliphatic carbocycles. The molecule has 0 radical (unpaired) electrons. The van der Waals surface area contributed by atoms with Crippen molar-refractivity contribution < 1.29 is 19.1 Å². The summed E-state index contributed by atoms with van der Waals surface area (Å²) in [4.78, 5) is 24.7. The normalized spacial score (nSPS) is 20.3. The highest BCUT2D eigenvalue weighted by Gasteiger charge is 2.33. The van der Waals surface area contributed by atoms with Crippen molar-refractivity contribution >= 4 is 11.9 Å². The number of benzene rings is 1. The van der Waals surface area contributed by atoms with Gasteiger partial charge in [0.1, 0.15) is 11.5 Å². The third kappa shape index (κ3) is 7.69. The number of hydrogen-bond acceptors (Lipinski definition) is 5. The molecule has 2 rings (SSSR count). The molecule has 1 aromatic rings. The van der Waals surface area contributed by atoms with E-state index in [-0.39, 0.29) is 11.9 Å². The first-order valence-electron chi connectivity index (χ1n) is 11.9. The first-order chi connectivity index (χ1) is 14.9.